The highest BCUT2D eigenvalue weighted by Crippen LogP contribution is 2.18. The lowest BCUT2D eigenvalue weighted by Gasteiger charge is -2.18. The van der Waals surface area contributed by atoms with Crippen LogP contribution in [0.2, 0.25) is 0 Å². The molecule has 2 N–H and O–H groups in total. The summed E-state index contributed by atoms with van der Waals surface area (Å²) in [5.41, 5.74) is -2.06. The maximum absolute atomic E-state index is 12.1. The third-order valence-electron chi connectivity index (χ3n) is 1.51. The Bertz CT molecular complexity index is 219. The van der Waals surface area contributed by atoms with E-state index >= 15 is 0 Å². The molecule has 1 aliphatic heterocycles. The predicted molar refractivity (Wildman–Crippen MR) is 31.1 cm³/mol. The number of nitrogens with one attached hydrogen (secondary N) is 2. The lowest BCUT2D eigenvalue weighted by atomic mass is 10.1. The molecule has 3 amide bonds. The van der Waals surface area contributed by atoms with Crippen molar-refractivity contribution in [1.29, 1.82) is 0 Å². The first-order chi connectivity index (χ1) is 4.97. The van der Waals surface area contributed by atoms with Gasteiger partial charge in [0, 0.05) is 0 Å². The van der Waals surface area contributed by atoms with Crippen LogP contribution in [0.25, 0.3) is 0 Å². The maximum atomic E-state index is 12.1. The average Bonchev–Trinajstić information content (AvgIpc) is 2.08. The summed E-state index contributed by atoms with van der Waals surface area (Å²) in [7, 11) is 0. The van der Waals surface area contributed by atoms with Crippen LogP contribution in [-0.2, 0) is 4.79 Å². The SMILES string of the molecule is C[C@@]1(C(F)F)NC(=O)NC1=O. The van der Waals surface area contributed by atoms with Crippen LogP contribution in [0.1, 0.15) is 6.92 Å². The fourth-order valence-corrected chi connectivity index (χ4v) is 0.710. The lowest BCUT2D eigenvalue weighted by molar-refractivity contribution is -0.128. The van der Waals surface area contributed by atoms with Crippen molar-refractivity contribution in [2.24, 2.45) is 0 Å². The summed E-state index contributed by atoms with van der Waals surface area (Å²) in [6.07, 6.45) is -2.89. The monoisotopic (exact) mass is 164 g/mol. The summed E-state index contributed by atoms with van der Waals surface area (Å²) in [6, 6.07) is -0.877. The molecule has 62 valence electrons. The molecule has 1 aliphatic rings. The lowest BCUT2D eigenvalue weighted by Crippen LogP contribution is -2.50. The van der Waals surface area contributed by atoms with E-state index in [-0.39, 0.29) is 0 Å². The molecule has 0 aliphatic carbocycles. The quantitative estimate of drug-likeness (QED) is 0.529. The number of hydrogen-bond acceptors (Lipinski definition) is 2. The van der Waals surface area contributed by atoms with Gasteiger partial charge < -0.3 is 5.32 Å². The van der Waals surface area contributed by atoms with Crippen molar-refractivity contribution in [3.05, 3.63) is 0 Å². The van der Waals surface area contributed by atoms with Crippen molar-refractivity contribution in [2.75, 3.05) is 0 Å². The van der Waals surface area contributed by atoms with E-state index in [9.17, 15) is 18.4 Å². The molecule has 1 atom stereocenters. The van der Waals surface area contributed by atoms with Gasteiger partial charge in [0.1, 0.15) is 0 Å². The molecule has 1 saturated heterocycles. The summed E-state index contributed by atoms with van der Waals surface area (Å²) in [5.74, 6) is -0.988. The van der Waals surface area contributed by atoms with E-state index in [2.05, 4.69) is 0 Å². The summed E-state index contributed by atoms with van der Waals surface area (Å²) in [4.78, 5) is 21.1. The molecule has 0 spiro atoms. The van der Waals surface area contributed by atoms with E-state index in [0.29, 0.717) is 0 Å². The van der Waals surface area contributed by atoms with Gasteiger partial charge in [-0.1, -0.05) is 0 Å². The van der Waals surface area contributed by atoms with Crippen LogP contribution >= 0.6 is 0 Å². The largest absolute Gasteiger partial charge is 0.322 e. The van der Waals surface area contributed by atoms with Crippen molar-refractivity contribution < 1.29 is 18.4 Å². The van der Waals surface area contributed by atoms with Crippen LogP contribution in [0.3, 0.4) is 0 Å². The van der Waals surface area contributed by atoms with Crippen molar-refractivity contribution >= 4 is 11.9 Å². The topological polar surface area (TPSA) is 58.2 Å². The highest BCUT2D eigenvalue weighted by atomic mass is 19.3. The van der Waals surface area contributed by atoms with Crippen molar-refractivity contribution in [2.45, 2.75) is 18.9 Å². The first kappa shape index (κ1) is 7.90. The molecular formula is C5H6F2N2O2. The van der Waals surface area contributed by atoms with Crippen LogP contribution in [0.4, 0.5) is 13.6 Å². The third kappa shape index (κ3) is 1.04. The Labute approximate surface area is 60.9 Å². The first-order valence-electron chi connectivity index (χ1n) is 2.88. The van der Waals surface area contributed by atoms with Crippen LogP contribution < -0.4 is 10.6 Å². The normalized spacial score (nSPS) is 30.5. The van der Waals surface area contributed by atoms with Gasteiger partial charge in [0.05, 0.1) is 0 Å². The van der Waals surface area contributed by atoms with E-state index in [4.69, 9.17) is 0 Å². The van der Waals surface area contributed by atoms with Gasteiger partial charge in [0.15, 0.2) is 5.54 Å². The second-order valence-corrected chi connectivity index (χ2v) is 2.41. The number of imide groups is 1. The Kier molecular flexibility index (Phi) is 1.54. The number of carbonyl (C=O) groups is 2. The molecule has 0 aromatic rings. The minimum Gasteiger partial charge on any atom is -0.319 e. The summed E-state index contributed by atoms with van der Waals surface area (Å²) < 4.78 is 24.1. The average molecular weight is 164 g/mol. The van der Waals surface area contributed by atoms with E-state index < -0.39 is 23.9 Å². The number of urea groups is 1. The number of halogens is 2. The van der Waals surface area contributed by atoms with Gasteiger partial charge in [-0.3, -0.25) is 10.1 Å². The Hall–Kier alpha value is -1.20. The summed E-state index contributed by atoms with van der Waals surface area (Å²) in [5, 5.41) is 3.55. The Morgan fingerprint density at radius 2 is 2.00 bits per heavy atom. The molecule has 0 saturated carbocycles. The zero-order valence-corrected chi connectivity index (χ0v) is 5.65. The molecule has 1 rings (SSSR count). The van der Waals surface area contributed by atoms with Gasteiger partial charge in [0.2, 0.25) is 0 Å². The second kappa shape index (κ2) is 2.14. The molecule has 0 radical (unpaired) electrons. The Morgan fingerprint density at radius 1 is 1.45 bits per heavy atom. The number of carbonyl (C=O) groups excluding carboxylic acids is 2. The number of amides is 3. The molecule has 0 aromatic heterocycles. The van der Waals surface area contributed by atoms with Crippen LogP contribution in [0.5, 0.6) is 0 Å². The molecule has 11 heavy (non-hydrogen) atoms. The standard InChI is InChI=1S/C5H6F2N2O2/c1-5(2(6)7)3(10)8-4(11)9-5/h2H,1H3,(H2,8,9,10,11)/t5-/m0/s1. The third-order valence-corrected chi connectivity index (χ3v) is 1.51. The van der Waals surface area contributed by atoms with Crippen LogP contribution in [0.15, 0.2) is 0 Å². The molecule has 6 heteroatoms. The molecule has 1 fully saturated rings. The molecule has 0 bridgehead atoms. The fraction of sp³-hybridized carbons (Fsp3) is 0.600. The molecular weight excluding hydrogens is 158 g/mol. The van der Waals surface area contributed by atoms with E-state index in [1.807, 2.05) is 5.32 Å². The molecule has 1 heterocycles. The zero-order chi connectivity index (χ0) is 8.65. The number of rotatable bonds is 1. The van der Waals surface area contributed by atoms with Crippen molar-refractivity contribution in [1.82, 2.24) is 10.6 Å². The van der Waals surface area contributed by atoms with Crippen molar-refractivity contribution in [3.63, 3.8) is 0 Å². The van der Waals surface area contributed by atoms with Crippen LogP contribution in [0, 0.1) is 0 Å². The highest BCUT2D eigenvalue weighted by Gasteiger charge is 2.49. The van der Waals surface area contributed by atoms with E-state index in [1.54, 1.807) is 5.32 Å². The van der Waals surface area contributed by atoms with E-state index in [1.165, 1.54) is 0 Å². The number of alkyl halides is 2. The van der Waals surface area contributed by atoms with Gasteiger partial charge in [-0.2, -0.15) is 0 Å². The minimum atomic E-state index is -2.89. The molecule has 4 nitrogen and oxygen atoms in total. The van der Waals surface area contributed by atoms with Gasteiger partial charge in [-0.15, -0.1) is 0 Å². The minimum absolute atomic E-state index is 0.877. The van der Waals surface area contributed by atoms with E-state index in [0.717, 1.165) is 6.92 Å². The maximum Gasteiger partial charge on any atom is 0.322 e. The zero-order valence-electron chi connectivity index (χ0n) is 5.65. The smallest absolute Gasteiger partial charge is 0.319 e. The Balaban J connectivity index is 2.87. The first-order valence-corrected chi connectivity index (χ1v) is 2.88. The number of hydrogen-bond donors (Lipinski definition) is 2. The molecule has 0 unspecified atom stereocenters. The van der Waals surface area contributed by atoms with Gasteiger partial charge in [0.25, 0.3) is 12.3 Å². The van der Waals surface area contributed by atoms with Gasteiger partial charge >= 0.3 is 6.03 Å². The highest BCUT2D eigenvalue weighted by molar-refractivity contribution is 6.07. The summed E-state index contributed by atoms with van der Waals surface area (Å²) in [6.45, 7) is 0.970. The van der Waals surface area contributed by atoms with Gasteiger partial charge in [-0.05, 0) is 6.92 Å². The molecule has 0 aromatic carbocycles. The second-order valence-electron chi connectivity index (χ2n) is 2.41. The van der Waals surface area contributed by atoms with Crippen molar-refractivity contribution in [3.8, 4) is 0 Å². The Morgan fingerprint density at radius 3 is 2.18 bits per heavy atom. The predicted octanol–water partition coefficient (Wildman–Crippen LogP) is -0.150. The fourth-order valence-electron chi connectivity index (χ4n) is 0.710. The summed E-state index contributed by atoms with van der Waals surface area (Å²) >= 11 is 0. The van der Waals surface area contributed by atoms with Crippen LogP contribution in [-0.4, -0.2) is 23.9 Å². The van der Waals surface area contributed by atoms with Gasteiger partial charge in [-0.25, -0.2) is 13.6 Å².